The molecule has 0 saturated heterocycles. The van der Waals surface area contributed by atoms with Gasteiger partial charge in [0.05, 0.1) is 4.92 Å². The Bertz CT molecular complexity index is 569. The van der Waals surface area contributed by atoms with Crippen LogP contribution < -0.4 is 5.32 Å². The van der Waals surface area contributed by atoms with E-state index in [1.807, 2.05) is 0 Å². The number of nitro benzene ring substituents is 1. The molecule has 0 heterocycles. The van der Waals surface area contributed by atoms with Crippen LogP contribution >= 0.6 is 0 Å². The van der Waals surface area contributed by atoms with Crippen LogP contribution in [0.25, 0.3) is 0 Å². The van der Waals surface area contributed by atoms with Crippen molar-refractivity contribution in [3.8, 4) is 0 Å². The molecule has 6 heteroatoms. The summed E-state index contributed by atoms with van der Waals surface area (Å²) in [5.41, 5.74) is -0.134. The van der Waals surface area contributed by atoms with Crippen LogP contribution in [-0.4, -0.2) is 22.0 Å². The van der Waals surface area contributed by atoms with Gasteiger partial charge in [0, 0.05) is 6.04 Å². The summed E-state index contributed by atoms with van der Waals surface area (Å²) in [5, 5.41) is 23.5. The SMILES string of the molecule is CC1(C)CCCC(Nc2cccc(C(=O)O)c2[N+](=O)[O-])C1. The summed E-state index contributed by atoms with van der Waals surface area (Å²) in [4.78, 5) is 21.7. The quantitative estimate of drug-likeness (QED) is 0.652. The highest BCUT2D eigenvalue weighted by atomic mass is 16.6. The Balaban J connectivity index is 2.29. The molecule has 2 N–H and O–H groups in total. The minimum Gasteiger partial charge on any atom is -0.477 e. The van der Waals surface area contributed by atoms with Crippen LogP contribution in [0.5, 0.6) is 0 Å². The van der Waals surface area contributed by atoms with Crippen LogP contribution in [0.4, 0.5) is 11.4 Å². The molecule has 1 aromatic carbocycles. The number of nitro groups is 1. The lowest BCUT2D eigenvalue weighted by Gasteiger charge is -2.36. The van der Waals surface area contributed by atoms with Gasteiger partial charge in [-0.2, -0.15) is 0 Å². The second-order valence-corrected chi connectivity index (χ2v) is 6.37. The summed E-state index contributed by atoms with van der Waals surface area (Å²) in [6.07, 6.45) is 4.07. The average Bonchev–Trinajstić information content (AvgIpc) is 2.36. The molecule has 1 atom stereocenters. The number of hydrogen-bond acceptors (Lipinski definition) is 4. The van der Waals surface area contributed by atoms with Crippen LogP contribution in [0.2, 0.25) is 0 Å². The van der Waals surface area contributed by atoms with E-state index in [9.17, 15) is 14.9 Å². The summed E-state index contributed by atoms with van der Waals surface area (Å²) in [6, 6.07) is 4.51. The number of carboxylic acids is 1. The minimum absolute atomic E-state index is 0.136. The molecule has 0 bridgehead atoms. The van der Waals surface area contributed by atoms with Gasteiger partial charge in [-0.3, -0.25) is 10.1 Å². The number of carbonyl (C=O) groups is 1. The fourth-order valence-electron chi connectivity index (χ4n) is 3.07. The maximum atomic E-state index is 11.2. The maximum Gasteiger partial charge on any atom is 0.342 e. The van der Waals surface area contributed by atoms with Crippen LogP contribution in [0.3, 0.4) is 0 Å². The summed E-state index contributed by atoms with van der Waals surface area (Å²) in [5.74, 6) is -1.28. The van der Waals surface area contributed by atoms with Crippen LogP contribution in [-0.2, 0) is 0 Å². The Morgan fingerprint density at radius 3 is 2.76 bits per heavy atom. The smallest absolute Gasteiger partial charge is 0.342 e. The van der Waals surface area contributed by atoms with Gasteiger partial charge in [0.15, 0.2) is 0 Å². The molecule has 1 aliphatic rings. The third-order valence-corrected chi connectivity index (χ3v) is 4.01. The fraction of sp³-hybridized carbons (Fsp3) is 0.533. The Morgan fingerprint density at radius 2 is 2.19 bits per heavy atom. The normalized spacial score (nSPS) is 20.8. The number of hydrogen-bond donors (Lipinski definition) is 2. The first kappa shape index (κ1) is 15.3. The van der Waals surface area contributed by atoms with Crippen LogP contribution in [0.1, 0.15) is 49.9 Å². The molecule has 1 fully saturated rings. The molecule has 1 aromatic rings. The highest BCUT2D eigenvalue weighted by Crippen LogP contribution is 2.38. The Labute approximate surface area is 123 Å². The van der Waals surface area contributed by atoms with Gasteiger partial charge >= 0.3 is 11.7 Å². The van der Waals surface area contributed by atoms with Gasteiger partial charge in [-0.05, 0) is 36.8 Å². The average molecular weight is 292 g/mol. The molecule has 0 amide bonds. The fourth-order valence-corrected chi connectivity index (χ4v) is 3.07. The lowest BCUT2D eigenvalue weighted by molar-refractivity contribution is -0.384. The van der Waals surface area contributed by atoms with Gasteiger partial charge in [0.2, 0.25) is 0 Å². The maximum absolute atomic E-state index is 11.2. The van der Waals surface area contributed by atoms with Crippen molar-refractivity contribution in [3.05, 3.63) is 33.9 Å². The zero-order chi connectivity index (χ0) is 15.6. The standard InChI is InChI=1S/C15H20N2O4/c1-15(2)8-4-5-10(9-15)16-12-7-3-6-11(14(18)19)13(12)17(20)21/h3,6-7,10,16H,4-5,8-9H2,1-2H3,(H,18,19). The Kier molecular flexibility index (Phi) is 4.16. The number of carboxylic acid groups (broad SMARTS) is 1. The van der Waals surface area contributed by atoms with E-state index < -0.39 is 10.9 Å². The first-order valence-electron chi connectivity index (χ1n) is 7.07. The van der Waals surface area contributed by atoms with Gasteiger partial charge in [0.1, 0.15) is 11.3 Å². The number of para-hydroxylation sites is 1. The van der Waals surface area contributed by atoms with E-state index in [4.69, 9.17) is 5.11 Å². The third kappa shape index (κ3) is 3.51. The summed E-state index contributed by atoms with van der Waals surface area (Å²) < 4.78 is 0. The van der Waals surface area contributed by atoms with Gasteiger partial charge in [-0.1, -0.05) is 26.3 Å². The summed E-state index contributed by atoms with van der Waals surface area (Å²) >= 11 is 0. The van der Waals surface area contributed by atoms with Crippen molar-refractivity contribution in [2.45, 2.75) is 45.6 Å². The van der Waals surface area contributed by atoms with E-state index in [0.29, 0.717) is 5.69 Å². The van der Waals surface area contributed by atoms with Crippen molar-refractivity contribution in [1.82, 2.24) is 0 Å². The van der Waals surface area contributed by atoms with Crippen LogP contribution in [0.15, 0.2) is 18.2 Å². The van der Waals surface area contributed by atoms with E-state index in [1.54, 1.807) is 6.07 Å². The molecule has 1 unspecified atom stereocenters. The van der Waals surface area contributed by atoms with Crippen molar-refractivity contribution < 1.29 is 14.8 Å². The number of aromatic carboxylic acids is 1. The predicted octanol–water partition coefficient (Wildman–Crippen LogP) is 3.67. The third-order valence-electron chi connectivity index (χ3n) is 4.01. The molecule has 0 aliphatic heterocycles. The minimum atomic E-state index is -1.28. The summed E-state index contributed by atoms with van der Waals surface area (Å²) in [6.45, 7) is 4.37. The first-order valence-corrected chi connectivity index (χ1v) is 7.07. The molecule has 6 nitrogen and oxygen atoms in total. The lowest BCUT2D eigenvalue weighted by Crippen LogP contribution is -2.32. The zero-order valence-electron chi connectivity index (χ0n) is 12.3. The first-order chi connectivity index (χ1) is 9.80. The van der Waals surface area contributed by atoms with E-state index >= 15 is 0 Å². The van der Waals surface area contributed by atoms with E-state index in [0.717, 1.165) is 25.7 Å². The van der Waals surface area contributed by atoms with Gasteiger partial charge in [-0.15, -0.1) is 0 Å². The number of benzene rings is 1. The molecule has 21 heavy (non-hydrogen) atoms. The second kappa shape index (κ2) is 5.71. The molecule has 0 spiro atoms. The van der Waals surface area contributed by atoms with Crippen LogP contribution in [0, 0.1) is 15.5 Å². The predicted molar refractivity (Wildman–Crippen MR) is 79.7 cm³/mol. The van der Waals surface area contributed by atoms with Crippen molar-refractivity contribution in [2.75, 3.05) is 5.32 Å². The number of rotatable bonds is 4. The number of nitrogens with one attached hydrogen (secondary N) is 1. The molecule has 2 rings (SSSR count). The number of nitrogens with zero attached hydrogens (tertiary/aromatic N) is 1. The van der Waals surface area contributed by atoms with Crippen molar-refractivity contribution in [2.24, 2.45) is 5.41 Å². The van der Waals surface area contributed by atoms with E-state index in [2.05, 4.69) is 19.2 Å². The highest BCUT2D eigenvalue weighted by molar-refractivity contribution is 5.95. The van der Waals surface area contributed by atoms with Gasteiger partial charge < -0.3 is 10.4 Å². The zero-order valence-corrected chi connectivity index (χ0v) is 12.3. The number of anilines is 1. The molecule has 1 aliphatic carbocycles. The van der Waals surface area contributed by atoms with Crippen molar-refractivity contribution >= 4 is 17.3 Å². The van der Waals surface area contributed by atoms with Gasteiger partial charge in [-0.25, -0.2) is 4.79 Å². The molecule has 0 radical (unpaired) electrons. The molecule has 0 aromatic heterocycles. The van der Waals surface area contributed by atoms with E-state index in [-0.39, 0.29) is 22.7 Å². The van der Waals surface area contributed by atoms with Crippen molar-refractivity contribution in [1.29, 1.82) is 0 Å². The highest BCUT2D eigenvalue weighted by Gasteiger charge is 2.30. The van der Waals surface area contributed by atoms with Gasteiger partial charge in [0.25, 0.3) is 0 Å². The topological polar surface area (TPSA) is 92.5 Å². The van der Waals surface area contributed by atoms with E-state index in [1.165, 1.54) is 12.1 Å². The second-order valence-electron chi connectivity index (χ2n) is 6.37. The summed E-state index contributed by atoms with van der Waals surface area (Å²) in [7, 11) is 0. The largest absolute Gasteiger partial charge is 0.477 e. The van der Waals surface area contributed by atoms with Crippen molar-refractivity contribution in [3.63, 3.8) is 0 Å². The molecule has 114 valence electrons. The monoisotopic (exact) mass is 292 g/mol. The lowest BCUT2D eigenvalue weighted by atomic mass is 9.75. The Morgan fingerprint density at radius 1 is 1.48 bits per heavy atom. The molecule has 1 saturated carbocycles. The molecular weight excluding hydrogens is 272 g/mol. The Hall–Kier alpha value is -2.11. The molecular formula is C15H20N2O4.